The zero-order chi connectivity index (χ0) is 27.0. The van der Waals surface area contributed by atoms with Crippen LogP contribution in [0.5, 0.6) is 0 Å². The molecule has 2 unspecified atom stereocenters. The summed E-state index contributed by atoms with van der Waals surface area (Å²) in [5.41, 5.74) is 4.78. The highest BCUT2D eigenvalue weighted by Gasteiger charge is 2.28. The number of fused-ring (bicyclic) bond motifs is 1. The van der Waals surface area contributed by atoms with Crippen LogP contribution in [0.1, 0.15) is 46.9 Å². The van der Waals surface area contributed by atoms with E-state index in [2.05, 4.69) is 46.3 Å². The Morgan fingerprint density at radius 2 is 1.79 bits per heavy atom. The van der Waals surface area contributed by atoms with E-state index in [0.29, 0.717) is 22.7 Å². The van der Waals surface area contributed by atoms with Gasteiger partial charge in [0.15, 0.2) is 0 Å². The van der Waals surface area contributed by atoms with Gasteiger partial charge in [0.05, 0.1) is 17.2 Å². The second-order valence-electron chi connectivity index (χ2n) is 10.1. The van der Waals surface area contributed by atoms with Crippen LogP contribution in [0.2, 0.25) is 0 Å². The molecule has 0 spiro atoms. The largest absolute Gasteiger partial charge is 0.478 e. The summed E-state index contributed by atoms with van der Waals surface area (Å²) in [6, 6.07) is 19.1. The van der Waals surface area contributed by atoms with Crippen molar-refractivity contribution in [2.75, 3.05) is 34.8 Å². The molecule has 4 aromatic rings. The third-order valence-electron chi connectivity index (χ3n) is 7.31. The fourth-order valence-electron chi connectivity index (χ4n) is 5.34. The maximum absolute atomic E-state index is 13.6. The summed E-state index contributed by atoms with van der Waals surface area (Å²) in [5.74, 6) is -0.288. The minimum absolute atomic E-state index is 0.0919. The smallest absolute Gasteiger partial charge is 0.337 e. The van der Waals surface area contributed by atoms with E-state index in [-0.39, 0.29) is 23.2 Å². The second-order valence-corrected chi connectivity index (χ2v) is 10.1. The molecule has 2 aromatic carbocycles. The predicted octanol–water partition coefficient (Wildman–Crippen LogP) is 4.90. The first-order valence-corrected chi connectivity index (χ1v) is 12.9. The van der Waals surface area contributed by atoms with Crippen molar-refractivity contribution in [1.82, 2.24) is 9.38 Å². The number of nitrogens with one attached hydrogen (secondary N) is 1. The lowest BCUT2D eigenvalue weighted by atomic mass is 10.1. The number of rotatable bonds is 6. The third-order valence-corrected chi connectivity index (χ3v) is 7.31. The van der Waals surface area contributed by atoms with Crippen LogP contribution in [0, 0.1) is 13.8 Å². The standard InChI is InChI=1S/C30H33N5O3/c1-19-16-25(22(4)31-26-13-9-8-12-24(26)30(37)38)28-32-27(21(3)29(36)35(28)17-19)34-15-14-33(18-20(34)2)23-10-6-5-7-11-23/h5-13,16-17,20,22,31H,14-15,18H2,1-4H3,(H,37,38). The maximum atomic E-state index is 13.6. The van der Waals surface area contributed by atoms with Crippen LogP contribution in [0.4, 0.5) is 17.2 Å². The number of aryl methyl sites for hydroxylation is 1. The van der Waals surface area contributed by atoms with Gasteiger partial charge in [-0.25, -0.2) is 9.78 Å². The molecule has 8 heteroatoms. The highest BCUT2D eigenvalue weighted by molar-refractivity contribution is 5.94. The first kappa shape index (κ1) is 25.3. The monoisotopic (exact) mass is 511 g/mol. The molecule has 2 atom stereocenters. The molecule has 1 aliphatic heterocycles. The van der Waals surface area contributed by atoms with Gasteiger partial charge in [0.25, 0.3) is 5.56 Å². The molecule has 8 nitrogen and oxygen atoms in total. The fourth-order valence-corrected chi connectivity index (χ4v) is 5.34. The Kier molecular flexibility index (Phi) is 6.80. The predicted molar refractivity (Wildman–Crippen MR) is 152 cm³/mol. The first-order valence-electron chi connectivity index (χ1n) is 12.9. The van der Waals surface area contributed by atoms with E-state index in [1.165, 1.54) is 5.69 Å². The molecule has 0 saturated carbocycles. The summed E-state index contributed by atoms with van der Waals surface area (Å²) in [6.45, 7) is 10.3. The molecule has 5 rings (SSSR count). The Labute approximate surface area is 222 Å². The van der Waals surface area contributed by atoms with Crippen LogP contribution in [-0.4, -0.2) is 46.1 Å². The van der Waals surface area contributed by atoms with E-state index < -0.39 is 5.97 Å². The van der Waals surface area contributed by atoms with E-state index in [9.17, 15) is 14.7 Å². The molecule has 2 N–H and O–H groups in total. The number of anilines is 3. The van der Waals surface area contributed by atoms with Crippen molar-refractivity contribution in [1.29, 1.82) is 0 Å². The average molecular weight is 512 g/mol. The molecule has 0 amide bonds. The number of hydrogen-bond acceptors (Lipinski definition) is 6. The van der Waals surface area contributed by atoms with Crippen LogP contribution in [0.25, 0.3) is 5.65 Å². The molecule has 1 aliphatic rings. The number of piperazine rings is 1. The number of aromatic carboxylic acids is 1. The SMILES string of the molecule is Cc1cc(C(C)Nc2ccccc2C(=O)O)c2nc(N3CCN(c4ccccc4)CC3C)c(C)c(=O)n2c1. The van der Waals surface area contributed by atoms with Crippen molar-refractivity contribution in [3.63, 3.8) is 0 Å². The van der Waals surface area contributed by atoms with Gasteiger partial charge in [-0.05, 0) is 63.6 Å². The van der Waals surface area contributed by atoms with Crippen molar-refractivity contribution in [2.24, 2.45) is 0 Å². The summed E-state index contributed by atoms with van der Waals surface area (Å²) >= 11 is 0. The summed E-state index contributed by atoms with van der Waals surface area (Å²) < 4.78 is 1.62. The van der Waals surface area contributed by atoms with Crippen LogP contribution in [0.15, 0.2) is 71.7 Å². The van der Waals surface area contributed by atoms with Gasteiger partial charge in [-0.1, -0.05) is 30.3 Å². The molecule has 38 heavy (non-hydrogen) atoms. The first-order chi connectivity index (χ1) is 18.2. The van der Waals surface area contributed by atoms with E-state index in [1.807, 2.05) is 39.1 Å². The zero-order valence-corrected chi connectivity index (χ0v) is 22.2. The number of hydrogen-bond donors (Lipinski definition) is 2. The van der Waals surface area contributed by atoms with E-state index in [4.69, 9.17) is 4.98 Å². The van der Waals surface area contributed by atoms with Gasteiger partial charge in [0.2, 0.25) is 0 Å². The van der Waals surface area contributed by atoms with Crippen LogP contribution in [-0.2, 0) is 0 Å². The lowest BCUT2D eigenvalue weighted by Gasteiger charge is -2.42. The maximum Gasteiger partial charge on any atom is 0.337 e. The van der Waals surface area contributed by atoms with E-state index in [0.717, 1.165) is 30.8 Å². The van der Waals surface area contributed by atoms with Crippen molar-refractivity contribution in [3.05, 3.63) is 99.5 Å². The van der Waals surface area contributed by atoms with Gasteiger partial charge in [0, 0.05) is 48.8 Å². The molecule has 1 saturated heterocycles. The number of benzene rings is 2. The second kappa shape index (κ2) is 10.2. The van der Waals surface area contributed by atoms with Crippen molar-refractivity contribution in [2.45, 2.75) is 39.8 Å². The number of carboxylic acids is 1. The highest BCUT2D eigenvalue weighted by Crippen LogP contribution is 2.29. The number of para-hydroxylation sites is 2. The van der Waals surface area contributed by atoms with Crippen molar-refractivity contribution >= 4 is 28.8 Å². The minimum Gasteiger partial charge on any atom is -0.478 e. The van der Waals surface area contributed by atoms with Gasteiger partial charge in [-0.3, -0.25) is 9.20 Å². The molecular formula is C30H33N5O3. The van der Waals surface area contributed by atoms with E-state index >= 15 is 0 Å². The topological polar surface area (TPSA) is 90.2 Å². The van der Waals surface area contributed by atoms with Crippen LogP contribution < -0.4 is 20.7 Å². The van der Waals surface area contributed by atoms with Gasteiger partial charge in [0.1, 0.15) is 11.5 Å². The molecule has 2 aromatic heterocycles. The van der Waals surface area contributed by atoms with Crippen molar-refractivity contribution < 1.29 is 9.90 Å². The number of nitrogens with zero attached hydrogens (tertiary/aromatic N) is 4. The molecular weight excluding hydrogens is 478 g/mol. The number of carboxylic acid groups (broad SMARTS) is 1. The third kappa shape index (κ3) is 4.69. The van der Waals surface area contributed by atoms with Crippen LogP contribution in [0.3, 0.4) is 0 Å². The molecule has 196 valence electrons. The summed E-state index contributed by atoms with van der Waals surface area (Å²) in [5, 5.41) is 13.0. The Bertz CT molecular complexity index is 1550. The zero-order valence-electron chi connectivity index (χ0n) is 22.2. The van der Waals surface area contributed by atoms with Gasteiger partial charge in [-0.2, -0.15) is 0 Å². The Balaban J connectivity index is 1.53. The summed E-state index contributed by atoms with van der Waals surface area (Å²) in [4.78, 5) is 35.0. The number of pyridine rings is 1. The summed E-state index contributed by atoms with van der Waals surface area (Å²) in [6.07, 6.45) is 1.82. The quantitative estimate of drug-likeness (QED) is 0.381. The Hall–Kier alpha value is -4.33. The highest BCUT2D eigenvalue weighted by atomic mass is 16.4. The van der Waals surface area contributed by atoms with Gasteiger partial charge >= 0.3 is 5.97 Å². The molecule has 1 fully saturated rings. The Morgan fingerprint density at radius 1 is 1.08 bits per heavy atom. The van der Waals surface area contributed by atoms with Gasteiger partial charge < -0.3 is 20.2 Å². The van der Waals surface area contributed by atoms with Crippen LogP contribution >= 0.6 is 0 Å². The lowest BCUT2D eigenvalue weighted by molar-refractivity contribution is 0.0698. The van der Waals surface area contributed by atoms with Gasteiger partial charge in [-0.15, -0.1) is 0 Å². The fraction of sp³-hybridized carbons (Fsp3) is 0.300. The summed E-state index contributed by atoms with van der Waals surface area (Å²) in [7, 11) is 0. The molecule has 0 aliphatic carbocycles. The minimum atomic E-state index is -0.995. The van der Waals surface area contributed by atoms with Crippen molar-refractivity contribution in [3.8, 4) is 0 Å². The average Bonchev–Trinajstić information content (AvgIpc) is 2.91. The normalized spacial score (nSPS) is 16.5. The van der Waals surface area contributed by atoms with E-state index in [1.54, 1.807) is 28.7 Å². The lowest BCUT2D eigenvalue weighted by Crippen LogP contribution is -2.53. The molecule has 0 radical (unpaired) electrons. The molecule has 3 heterocycles. The molecule has 0 bridgehead atoms. The number of carbonyl (C=O) groups is 1. The Morgan fingerprint density at radius 3 is 2.50 bits per heavy atom. The number of aromatic nitrogens is 2.